The number of benzene rings is 1. The molecule has 30 heavy (non-hydrogen) atoms. The molecule has 3 aromatic heterocycles. The predicted molar refractivity (Wildman–Crippen MR) is 111 cm³/mol. The molecule has 0 radical (unpaired) electrons. The van der Waals surface area contributed by atoms with Gasteiger partial charge < -0.3 is 0 Å². The molecular formula is C22H17FN6S. The van der Waals surface area contributed by atoms with Crippen LogP contribution < -0.4 is 5.32 Å². The number of halogens is 1. The van der Waals surface area contributed by atoms with Crippen LogP contribution in [0.4, 0.5) is 4.39 Å². The highest BCUT2D eigenvalue weighted by atomic mass is 32.2. The average Bonchev–Trinajstić information content (AvgIpc) is 3.50. The number of aromatic nitrogens is 5. The summed E-state index contributed by atoms with van der Waals surface area (Å²) in [7, 11) is 0. The lowest BCUT2D eigenvalue weighted by atomic mass is 10.0. The summed E-state index contributed by atoms with van der Waals surface area (Å²) in [4.78, 5) is 13.5. The third-order valence-electron chi connectivity index (χ3n) is 5.29. The maximum Gasteiger partial charge on any atom is 0.194 e. The maximum absolute atomic E-state index is 13.3. The molecule has 6 nitrogen and oxygen atoms in total. The van der Waals surface area contributed by atoms with Crippen molar-refractivity contribution < 1.29 is 4.39 Å². The summed E-state index contributed by atoms with van der Waals surface area (Å²) in [5.41, 5.74) is 3.88. The second-order valence-electron chi connectivity index (χ2n) is 7.47. The zero-order valence-electron chi connectivity index (χ0n) is 15.9. The van der Waals surface area contributed by atoms with Crippen LogP contribution in [-0.2, 0) is 0 Å². The van der Waals surface area contributed by atoms with Gasteiger partial charge in [-0.05, 0) is 60.5 Å². The fourth-order valence-corrected chi connectivity index (χ4v) is 4.51. The highest BCUT2D eigenvalue weighted by molar-refractivity contribution is 7.99. The Labute approximate surface area is 176 Å². The van der Waals surface area contributed by atoms with Gasteiger partial charge in [-0.2, -0.15) is 0 Å². The Hall–Kier alpha value is -3.10. The molecule has 1 aliphatic heterocycles. The van der Waals surface area contributed by atoms with Crippen LogP contribution >= 0.6 is 11.8 Å². The van der Waals surface area contributed by atoms with E-state index in [1.54, 1.807) is 24.5 Å². The Bertz CT molecular complexity index is 1220. The van der Waals surface area contributed by atoms with Crippen molar-refractivity contribution in [3.63, 3.8) is 0 Å². The number of pyridine rings is 2. The van der Waals surface area contributed by atoms with Crippen LogP contribution in [0.15, 0.2) is 71.2 Å². The molecule has 1 N–H and O–H groups in total. The van der Waals surface area contributed by atoms with Crippen molar-refractivity contribution in [2.75, 3.05) is 0 Å². The second-order valence-corrected chi connectivity index (χ2v) is 8.43. The van der Waals surface area contributed by atoms with E-state index in [-0.39, 0.29) is 12.0 Å². The maximum atomic E-state index is 13.3. The summed E-state index contributed by atoms with van der Waals surface area (Å²) in [6.07, 6.45) is 7.50. The lowest BCUT2D eigenvalue weighted by molar-refractivity contribution is 0.384. The number of hydrogen-bond donors (Lipinski definition) is 1. The molecule has 0 bridgehead atoms. The molecule has 0 spiro atoms. The molecule has 8 heteroatoms. The van der Waals surface area contributed by atoms with E-state index in [1.807, 2.05) is 23.0 Å². The van der Waals surface area contributed by atoms with Crippen molar-refractivity contribution in [2.45, 2.75) is 35.2 Å². The summed E-state index contributed by atoms with van der Waals surface area (Å²) >= 11 is 1.52. The van der Waals surface area contributed by atoms with Gasteiger partial charge in [0, 0.05) is 41.3 Å². The van der Waals surface area contributed by atoms with Crippen LogP contribution in [0.3, 0.4) is 0 Å². The second kappa shape index (κ2) is 7.00. The molecule has 1 atom stereocenters. The lowest BCUT2D eigenvalue weighted by Crippen LogP contribution is -2.33. The van der Waals surface area contributed by atoms with E-state index in [2.05, 4.69) is 16.4 Å². The number of hydrogen-bond acceptors (Lipinski definition) is 6. The van der Waals surface area contributed by atoms with Gasteiger partial charge in [-0.1, -0.05) is 12.1 Å². The summed E-state index contributed by atoms with van der Waals surface area (Å²) < 4.78 is 15.3. The van der Waals surface area contributed by atoms with Gasteiger partial charge in [0.15, 0.2) is 11.0 Å². The Balaban J connectivity index is 1.44. The zero-order chi connectivity index (χ0) is 20.1. The molecule has 0 amide bonds. The van der Waals surface area contributed by atoms with Crippen LogP contribution in [0.1, 0.15) is 24.6 Å². The minimum atomic E-state index is -0.246. The van der Waals surface area contributed by atoms with Gasteiger partial charge in [0.1, 0.15) is 17.0 Å². The first-order valence-corrected chi connectivity index (χ1v) is 10.6. The molecule has 1 unspecified atom stereocenters. The smallest absolute Gasteiger partial charge is 0.194 e. The first-order chi connectivity index (χ1) is 14.7. The van der Waals surface area contributed by atoms with Gasteiger partial charge in [0.25, 0.3) is 0 Å². The summed E-state index contributed by atoms with van der Waals surface area (Å²) in [5, 5.41) is 10.2. The monoisotopic (exact) mass is 416 g/mol. The van der Waals surface area contributed by atoms with Gasteiger partial charge in [-0.25, -0.2) is 19.0 Å². The van der Waals surface area contributed by atoms with Crippen LogP contribution in [0.2, 0.25) is 0 Å². The molecule has 1 aliphatic carbocycles. The average molecular weight is 416 g/mol. The van der Waals surface area contributed by atoms with E-state index in [0.29, 0.717) is 11.9 Å². The molecule has 2 aliphatic rings. The molecule has 1 aromatic carbocycles. The molecular weight excluding hydrogens is 399 g/mol. The lowest BCUT2D eigenvalue weighted by Gasteiger charge is -2.26. The van der Waals surface area contributed by atoms with Gasteiger partial charge in [0.2, 0.25) is 0 Å². The minimum Gasteiger partial charge on any atom is -0.289 e. The first-order valence-electron chi connectivity index (χ1n) is 9.81. The van der Waals surface area contributed by atoms with Crippen LogP contribution in [-0.4, -0.2) is 30.8 Å². The van der Waals surface area contributed by atoms with Crippen molar-refractivity contribution in [3.8, 4) is 22.5 Å². The predicted octanol–water partition coefficient (Wildman–Crippen LogP) is 4.30. The SMILES string of the molecule is Fc1ccc(-c2cnc3c(c2)C(NC2CC2)n2nc(-c4ccncc4)nc2S3)cc1. The number of rotatable bonds is 4. The molecule has 1 saturated carbocycles. The molecule has 4 aromatic rings. The van der Waals surface area contributed by atoms with Crippen molar-refractivity contribution in [1.82, 2.24) is 30.0 Å². The number of fused-ring (bicyclic) bond motifs is 2. The summed E-state index contributed by atoms with van der Waals surface area (Å²) in [5.74, 6) is 0.429. The molecule has 148 valence electrons. The Morgan fingerprint density at radius 2 is 1.80 bits per heavy atom. The van der Waals surface area contributed by atoms with E-state index in [9.17, 15) is 4.39 Å². The summed E-state index contributed by atoms with van der Waals surface area (Å²) in [6.45, 7) is 0. The van der Waals surface area contributed by atoms with Gasteiger partial charge in [-0.15, -0.1) is 5.10 Å². The van der Waals surface area contributed by atoms with Crippen molar-refractivity contribution in [1.29, 1.82) is 0 Å². The van der Waals surface area contributed by atoms with Crippen molar-refractivity contribution in [3.05, 3.63) is 72.4 Å². The Morgan fingerprint density at radius 3 is 2.57 bits per heavy atom. The fourth-order valence-electron chi connectivity index (χ4n) is 3.57. The molecule has 0 saturated heterocycles. The van der Waals surface area contributed by atoms with Gasteiger partial charge in [0.05, 0.1) is 0 Å². The molecule has 6 rings (SSSR count). The topological polar surface area (TPSA) is 68.5 Å². The standard InChI is InChI=1S/C22H17FN6S/c23-16-3-1-13(2-4-16)15-11-18-20(26-17-5-6-17)29-22(30-21(18)25-12-15)27-19(28-29)14-7-9-24-10-8-14/h1-4,7-12,17,20,26H,5-6H2. The Morgan fingerprint density at radius 1 is 1.00 bits per heavy atom. The van der Waals surface area contributed by atoms with E-state index in [4.69, 9.17) is 15.1 Å². The van der Waals surface area contributed by atoms with Crippen LogP contribution in [0.5, 0.6) is 0 Å². The first kappa shape index (κ1) is 17.7. The van der Waals surface area contributed by atoms with Crippen LogP contribution in [0, 0.1) is 5.82 Å². The van der Waals surface area contributed by atoms with E-state index in [1.165, 1.54) is 23.9 Å². The van der Waals surface area contributed by atoms with Gasteiger partial charge in [-0.3, -0.25) is 10.3 Å². The van der Waals surface area contributed by atoms with E-state index >= 15 is 0 Å². The summed E-state index contributed by atoms with van der Waals surface area (Å²) in [6, 6.07) is 12.9. The minimum absolute atomic E-state index is 0.139. The highest BCUT2D eigenvalue weighted by Crippen LogP contribution is 2.41. The normalized spacial score (nSPS) is 17.4. The van der Waals surface area contributed by atoms with E-state index < -0.39 is 0 Å². The Kier molecular flexibility index (Phi) is 4.14. The highest BCUT2D eigenvalue weighted by Gasteiger charge is 2.34. The zero-order valence-corrected chi connectivity index (χ0v) is 16.7. The van der Waals surface area contributed by atoms with Crippen LogP contribution in [0.25, 0.3) is 22.5 Å². The molecule has 1 fully saturated rings. The third-order valence-corrected chi connectivity index (χ3v) is 6.29. The fraction of sp³-hybridized carbons (Fsp3) is 0.182. The van der Waals surface area contributed by atoms with Gasteiger partial charge >= 0.3 is 0 Å². The number of nitrogens with one attached hydrogen (secondary N) is 1. The third kappa shape index (κ3) is 3.18. The van der Waals surface area contributed by atoms with Crippen molar-refractivity contribution >= 4 is 11.8 Å². The molecule has 4 heterocycles. The van der Waals surface area contributed by atoms with Crippen molar-refractivity contribution in [2.24, 2.45) is 0 Å². The van der Waals surface area contributed by atoms with E-state index in [0.717, 1.165) is 45.3 Å². The quantitative estimate of drug-likeness (QED) is 0.535. The number of nitrogens with zero attached hydrogens (tertiary/aromatic N) is 5. The largest absolute Gasteiger partial charge is 0.289 e.